The van der Waals surface area contributed by atoms with Crippen molar-refractivity contribution in [1.82, 2.24) is 10.2 Å². The van der Waals surface area contributed by atoms with Gasteiger partial charge in [0.05, 0.1) is 6.61 Å². The molecule has 0 amide bonds. The lowest BCUT2D eigenvalue weighted by atomic mass is 10.0. The van der Waals surface area contributed by atoms with Gasteiger partial charge in [0.15, 0.2) is 0 Å². The van der Waals surface area contributed by atoms with E-state index in [4.69, 9.17) is 4.74 Å². The lowest BCUT2D eigenvalue weighted by Crippen LogP contribution is -2.29. The average molecular weight is 260 g/mol. The summed E-state index contributed by atoms with van der Waals surface area (Å²) in [7, 11) is 3.76. The highest BCUT2D eigenvalue weighted by atomic mass is 16.5. The van der Waals surface area contributed by atoms with Crippen molar-refractivity contribution in [2.24, 2.45) is 0 Å². The third kappa shape index (κ3) is 4.16. The van der Waals surface area contributed by atoms with Crippen LogP contribution >= 0.6 is 0 Å². The first-order valence-corrected chi connectivity index (χ1v) is 6.94. The number of hydrogen-bond donors (Lipinski definition) is 1. The van der Waals surface area contributed by atoms with Gasteiger partial charge in [0.1, 0.15) is 0 Å². The molecule has 2 rings (SSSR count). The first-order valence-electron chi connectivity index (χ1n) is 6.94. The lowest BCUT2D eigenvalue weighted by molar-refractivity contribution is 0.210. The summed E-state index contributed by atoms with van der Waals surface area (Å²) in [6, 6.07) is 8.69. The van der Waals surface area contributed by atoms with E-state index in [9.17, 15) is 0 Å². The highest BCUT2D eigenvalue weighted by Crippen LogP contribution is 2.16. The van der Waals surface area contributed by atoms with Crippen molar-refractivity contribution >= 4 is 0 Å². The lowest BCUT2D eigenvalue weighted by Gasteiger charge is -2.27. The van der Waals surface area contributed by atoms with Gasteiger partial charge in [-0.05, 0) is 30.2 Å². The van der Waals surface area contributed by atoms with E-state index < -0.39 is 0 Å². The molecule has 0 atom stereocenters. The molecule has 0 aliphatic carbocycles. The molecule has 0 bridgehead atoms. The van der Waals surface area contributed by atoms with Crippen LogP contribution in [-0.2, 0) is 17.8 Å². The Hall–Kier alpha value is -1.16. The maximum atomic E-state index is 5.19. The van der Waals surface area contributed by atoms with Crippen LogP contribution in [0.2, 0.25) is 0 Å². The van der Waals surface area contributed by atoms with Crippen LogP contribution in [0.3, 0.4) is 0 Å². The molecule has 0 radical (unpaired) electrons. The summed E-state index contributed by atoms with van der Waals surface area (Å²) in [6.07, 6.45) is 3.44. The van der Waals surface area contributed by atoms with Crippen molar-refractivity contribution in [2.75, 3.05) is 33.9 Å². The van der Waals surface area contributed by atoms with E-state index in [1.165, 1.54) is 16.7 Å². The first kappa shape index (κ1) is 14.3. The van der Waals surface area contributed by atoms with E-state index in [1.807, 2.05) is 7.05 Å². The summed E-state index contributed by atoms with van der Waals surface area (Å²) in [5.41, 5.74) is 4.26. The highest BCUT2D eigenvalue weighted by Gasteiger charge is 2.13. The zero-order chi connectivity index (χ0) is 13.5. The van der Waals surface area contributed by atoms with Crippen LogP contribution < -0.4 is 5.32 Å². The second-order valence-corrected chi connectivity index (χ2v) is 5.08. The van der Waals surface area contributed by atoms with Crippen molar-refractivity contribution < 1.29 is 4.74 Å². The molecule has 1 aliphatic heterocycles. The molecular weight excluding hydrogens is 236 g/mol. The van der Waals surface area contributed by atoms with Crippen molar-refractivity contribution in [1.29, 1.82) is 0 Å². The molecule has 1 aromatic rings. The molecule has 0 spiro atoms. The third-order valence-corrected chi connectivity index (χ3v) is 3.60. The van der Waals surface area contributed by atoms with Gasteiger partial charge < -0.3 is 10.1 Å². The standard InChI is InChI=1S/C16H24N2O/c1-17-11-15-5-3-4-6-16(15)12-18-9-7-14(8-10-18)13-19-2/h3-7,17H,8-13H2,1-2H3. The molecule has 19 heavy (non-hydrogen) atoms. The molecule has 0 fully saturated rings. The number of nitrogens with one attached hydrogen (secondary N) is 1. The molecule has 0 saturated carbocycles. The van der Waals surface area contributed by atoms with Gasteiger partial charge >= 0.3 is 0 Å². The molecule has 1 heterocycles. The fraction of sp³-hybridized carbons (Fsp3) is 0.500. The Labute approximate surface area is 116 Å². The minimum Gasteiger partial charge on any atom is -0.380 e. The number of ether oxygens (including phenoxy) is 1. The number of hydrogen-bond acceptors (Lipinski definition) is 3. The van der Waals surface area contributed by atoms with Gasteiger partial charge in [0.2, 0.25) is 0 Å². The minimum absolute atomic E-state index is 0.782. The van der Waals surface area contributed by atoms with Gasteiger partial charge in [-0.2, -0.15) is 0 Å². The van der Waals surface area contributed by atoms with Gasteiger partial charge in [-0.3, -0.25) is 4.90 Å². The maximum Gasteiger partial charge on any atom is 0.0673 e. The van der Waals surface area contributed by atoms with E-state index >= 15 is 0 Å². The zero-order valence-corrected chi connectivity index (χ0v) is 12.0. The maximum absolute atomic E-state index is 5.19. The Morgan fingerprint density at radius 3 is 2.68 bits per heavy atom. The van der Waals surface area contributed by atoms with Gasteiger partial charge in [0.25, 0.3) is 0 Å². The largest absolute Gasteiger partial charge is 0.380 e. The first-order chi connectivity index (χ1) is 9.33. The van der Waals surface area contributed by atoms with Crippen molar-refractivity contribution in [2.45, 2.75) is 19.5 Å². The van der Waals surface area contributed by atoms with Crippen LogP contribution in [0.15, 0.2) is 35.9 Å². The Balaban J connectivity index is 1.95. The number of benzene rings is 1. The molecule has 104 valence electrons. The summed E-state index contributed by atoms with van der Waals surface area (Å²) in [6.45, 7) is 4.92. The molecule has 1 N–H and O–H groups in total. The summed E-state index contributed by atoms with van der Waals surface area (Å²) in [5.74, 6) is 0. The third-order valence-electron chi connectivity index (χ3n) is 3.60. The minimum atomic E-state index is 0.782. The second-order valence-electron chi connectivity index (χ2n) is 5.08. The van der Waals surface area contributed by atoms with Crippen molar-refractivity contribution in [3.63, 3.8) is 0 Å². The van der Waals surface area contributed by atoms with Crippen molar-refractivity contribution in [3.05, 3.63) is 47.0 Å². The van der Waals surface area contributed by atoms with Gasteiger partial charge in [-0.15, -0.1) is 0 Å². The monoisotopic (exact) mass is 260 g/mol. The predicted octanol–water partition coefficient (Wildman–Crippen LogP) is 2.18. The van der Waals surface area contributed by atoms with Crippen molar-refractivity contribution in [3.8, 4) is 0 Å². The normalized spacial score (nSPS) is 16.4. The molecule has 3 nitrogen and oxygen atoms in total. The Bertz CT molecular complexity index is 429. The second kappa shape index (κ2) is 7.43. The number of nitrogens with zero attached hydrogens (tertiary/aromatic N) is 1. The summed E-state index contributed by atoms with van der Waals surface area (Å²) in [4.78, 5) is 2.49. The molecule has 1 aliphatic rings. The van der Waals surface area contributed by atoms with Crippen LogP contribution in [0.5, 0.6) is 0 Å². The fourth-order valence-electron chi connectivity index (χ4n) is 2.53. The molecule has 0 saturated heterocycles. The van der Waals surface area contributed by atoms with Gasteiger partial charge in [-0.25, -0.2) is 0 Å². The van der Waals surface area contributed by atoms with Crippen LogP contribution in [0.25, 0.3) is 0 Å². The Morgan fingerprint density at radius 2 is 2.05 bits per heavy atom. The number of rotatable bonds is 6. The van der Waals surface area contributed by atoms with E-state index in [1.54, 1.807) is 7.11 Å². The van der Waals surface area contributed by atoms with E-state index in [0.29, 0.717) is 0 Å². The SMILES string of the molecule is CNCc1ccccc1CN1CC=C(COC)CC1. The fourth-order valence-corrected chi connectivity index (χ4v) is 2.53. The number of methoxy groups -OCH3 is 1. The van der Waals surface area contributed by atoms with Gasteiger partial charge in [0, 0.05) is 33.3 Å². The molecule has 0 unspecified atom stereocenters. The smallest absolute Gasteiger partial charge is 0.0673 e. The summed E-state index contributed by atoms with van der Waals surface area (Å²) < 4.78 is 5.19. The summed E-state index contributed by atoms with van der Waals surface area (Å²) >= 11 is 0. The predicted molar refractivity (Wildman–Crippen MR) is 79.1 cm³/mol. The van der Waals surface area contributed by atoms with Crippen LogP contribution in [0.4, 0.5) is 0 Å². The molecule has 0 aromatic heterocycles. The average Bonchev–Trinajstić information content (AvgIpc) is 2.44. The quantitative estimate of drug-likeness (QED) is 0.794. The van der Waals surface area contributed by atoms with Crippen LogP contribution in [0.1, 0.15) is 17.5 Å². The topological polar surface area (TPSA) is 24.5 Å². The van der Waals surface area contributed by atoms with Gasteiger partial charge in [-0.1, -0.05) is 30.3 Å². The molecular formula is C16H24N2O. The Kier molecular flexibility index (Phi) is 5.58. The van der Waals surface area contributed by atoms with E-state index in [-0.39, 0.29) is 0 Å². The zero-order valence-electron chi connectivity index (χ0n) is 12.0. The Morgan fingerprint density at radius 1 is 1.26 bits per heavy atom. The molecule has 3 heteroatoms. The van der Waals surface area contributed by atoms with E-state index in [2.05, 4.69) is 40.6 Å². The summed E-state index contributed by atoms with van der Waals surface area (Å²) in [5, 5.41) is 3.24. The highest BCUT2D eigenvalue weighted by molar-refractivity contribution is 5.27. The van der Waals surface area contributed by atoms with Crippen LogP contribution in [0, 0.1) is 0 Å². The molecule has 1 aromatic carbocycles. The van der Waals surface area contributed by atoms with E-state index in [0.717, 1.165) is 39.2 Å². The van der Waals surface area contributed by atoms with Crippen LogP contribution in [-0.4, -0.2) is 38.8 Å².